The monoisotopic (exact) mass is 297 g/mol. The summed E-state index contributed by atoms with van der Waals surface area (Å²) < 4.78 is 39.4. The molecule has 0 aliphatic carbocycles. The van der Waals surface area contributed by atoms with Crippen molar-refractivity contribution in [2.75, 3.05) is 0 Å². The van der Waals surface area contributed by atoms with Gasteiger partial charge in [-0.2, -0.15) is 18.3 Å². The Morgan fingerprint density at radius 3 is 2.67 bits per heavy atom. The van der Waals surface area contributed by atoms with Crippen LogP contribution in [0.25, 0.3) is 0 Å². The average Bonchev–Trinajstić information content (AvgIpc) is 2.73. The molecule has 0 atom stereocenters. The maximum atomic E-state index is 12.6. The van der Waals surface area contributed by atoms with Gasteiger partial charge in [-0.15, -0.1) is 0 Å². The standard InChI is InChI=1S/C14H14F3N3O/c1-9-11(8-20(2)19-9)7-18-13(21)10-4-3-5-12(6-10)14(15,16)17/h3-6,8H,7H2,1-2H3,(H,18,21). The van der Waals surface area contributed by atoms with Crippen molar-refractivity contribution in [1.29, 1.82) is 0 Å². The highest BCUT2D eigenvalue weighted by molar-refractivity contribution is 5.94. The van der Waals surface area contributed by atoms with E-state index in [0.717, 1.165) is 23.4 Å². The van der Waals surface area contributed by atoms with Gasteiger partial charge in [0.1, 0.15) is 0 Å². The van der Waals surface area contributed by atoms with E-state index in [-0.39, 0.29) is 12.1 Å². The maximum Gasteiger partial charge on any atom is 0.416 e. The molecule has 1 N–H and O–H groups in total. The van der Waals surface area contributed by atoms with Crippen molar-refractivity contribution in [2.45, 2.75) is 19.6 Å². The Labute approximate surface area is 119 Å². The Morgan fingerprint density at radius 1 is 1.38 bits per heavy atom. The number of carbonyl (C=O) groups excluding carboxylic acids is 1. The summed E-state index contributed by atoms with van der Waals surface area (Å²) in [5, 5.41) is 6.71. The van der Waals surface area contributed by atoms with Crippen LogP contribution in [0.1, 0.15) is 27.2 Å². The molecular formula is C14H14F3N3O. The second-order valence-electron chi connectivity index (χ2n) is 4.67. The van der Waals surface area contributed by atoms with E-state index in [1.165, 1.54) is 12.1 Å². The lowest BCUT2D eigenvalue weighted by Gasteiger charge is -2.09. The van der Waals surface area contributed by atoms with Gasteiger partial charge >= 0.3 is 6.18 Å². The highest BCUT2D eigenvalue weighted by Gasteiger charge is 2.30. The molecular weight excluding hydrogens is 283 g/mol. The van der Waals surface area contributed by atoms with Crippen LogP contribution in [0.3, 0.4) is 0 Å². The van der Waals surface area contributed by atoms with Crippen molar-refractivity contribution in [1.82, 2.24) is 15.1 Å². The molecule has 2 aromatic rings. The fourth-order valence-electron chi connectivity index (χ4n) is 1.94. The Bertz CT molecular complexity index is 662. The summed E-state index contributed by atoms with van der Waals surface area (Å²) in [4.78, 5) is 11.9. The molecule has 1 heterocycles. The summed E-state index contributed by atoms with van der Waals surface area (Å²) in [7, 11) is 1.76. The molecule has 0 bridgehead atoms. The first-order valence-corrected chi connectivity index (χ1v) is 6.22. The highest BCUT2D eigenvalue weighted by atomic mass is 19.4. The number of aromatic nitrogens is 2. The van der Waals surface area contributed by atoms with Crippen LogP contribution in [-0.4, -0.2) is 15.7 Å². The largest absolute Gasteiger partial charge is 0.416 e. The van der Waals surface area contributed by atoms with Crippen LogP contribution in [-0.2, 0) is 19.8 Å². The van der Waals surface area contributed by atoms with E-state index in [1.54, 1.807) is 24.9 Å². The van der Waals surface area contributed by atoms with E-state index in [4.69, 9.17) is 0 Å². The summed E-state index contributed by atoms with van der Waals surface area (Å²) in [5.41, 5.74) is 0.721. The van der Waals surface area contributed by atoms with Gasteiger partial charge in [-0.25, -0.2) is 0 Å². The average molecular weight is 297 g/mol. The number of nitrogens with one attached hydrogen (secondary N) is 1. The summed E-state index contributed by atoms with van der Waals surface area (Å²) in [6.07, 6.45) is -2.71. The van der Waals surface area contributed by atoms with Gasteiger partial charge in [0.15, 0.2) is 0 Å². The van der Waals surface area contributed by atoms with Gasteiger partial charge in [0, 0.05) is 30.9 Å². The van der Waals surface area contributed by atoms with E-state index in [9.17, 15) is 18.0 Å². The molecule has 0 aliphatic rings. The van der Waals surface area contributed by atoms with Gasteiger partial charge in [0.25, 0.3) is 5.91 Å². The fraction of sp³-hybridized carbons (Fsp3) is 0.286. The number of carbonyl (C=O) groups is 1. The molecule has 112 valence electrons. The van der Waals surface area contributed by atoms with Gasteiger partial charge in [-0.05, 0) is 25.1 Å². The third-order valence-electron chi connectivity index (χ3n) is 3.01. The molecule has 1 aromatic carbocycles. The van der Waals surface area contributed by atoms with Crippen molar-refractivity contribution in [2.24, 2.45) is 7.05 Å². The number of aryl methyl sites for hydroxylation is 2. The van der Waals surface area contributed by atoms with Crippen molar-refractivity contribution >= 4 is 5.91 Å². The minimum atomic E-state index is -4.46. The topological polar surface area (TPSA) is 46.9 Å². The molecule has 0 radical (unpaired) electrons. The lowest BCUT2D eigenvalue weighted by Crippen LogP contribution is -2.23. The van der Waals surface area contributed by atoms with Crippen LogP contribution < -0.4 is 5.32 Å². The van der Waals surface area contributed by atoms with Crippen LogP contribution >= 0.6 is 0 Å². The number of nitrogens with zero attached hydrogens (tertiary/aromatic N) is 2. The Kier molecular flexibility index (Phi) is 4.02. The van der Waals surface area contributed by atoms with E-state index in [0.29, 0.717) is 0 Å². The molecule has 1 amide bonds. The number of rotatable bonds is 3. The molecule has 2 rings (SSSR count). The minimum Gasteiger partial charge on any atom is -0.348 e. The summed E-state index contributed by atoms with van der Waals surface area (Å²) in [6.45, 7) is 2.01. The molecule has 0 aliphatic heterocycles. The zero-order valence-corrected chi connectivity index (χ0v) is 11.5. The summed E-state index contributed by atoms with van der Waals surface area (Å²) >= 11 is 0. The normalized spacial score (nSPS) is 11.5. The number of amides is 1. The first-order chi connectivity index (χ1) is 9.77. The third kappa shape index (κ3) is 3.62. The number of alkyl halides is 3. The lowest BCUT2D eigenvalue weighted by atomic mass is 10.1. The molecule has 0 spiro atoms. The van der Waals surface area contributed by atoms with Crippen molar-refractivity contribution < 1.29 is 18.0 Å². The fourth-order valence-corrected chi connectivity index (χ4v) is 1.94. The molecule has 1 aromatic heterocycles. The van der Waals surface area contributed by atoms with Crippen molar-refractivity contribution in [3.8, 4) is 0 Å². The SMILES string of the molecule is Cc1nn(C)cc1CNC(=O)c1cccc(C(F)(F)F)c1. The Balaban J connectivity index is 2.09. The quantitative estimate of drug-likeness (QED) is 0.947. The molecule has 0 unspecified atom stereocenters. The van der Waals surface area contributed by atoms with Crippen LogP contribution in [0.4, 0.5) is 13.2 Å². The van der Waals surface area contributed by atoms with E-state index < -0.39 is 17.6 Å². The van der Waals surface area contributed by atoms with Crippen molar-refractivity contribution in [3.05, 3.63) is 52.8 Å². The molecule has 4 nitrogen and oxygen atoms in total. The van der Waals surface area contributed by atoms with Gasteiger partial charge in [0.2, 0.25) is 0 Å². The maximum absolute atomic E-state index is 12.6. The Hall–Kier alpha value is -2.31. The van der Waals surface area contributed by atoms with Gasteiger partial charge in [0.05, 0.1) is 11.3 Å². The smallest absolute Gasteiger partial charge is 0.348 e. The summed E-state index contributed by atoms with van der Waals surface area (Å²) in [5.74, 6) is -0.552. The predicted molar refractivity (Wildman–Crippen MR) is 70.6 cm³/mol. The predicted octanol–water partition coefficient (Wildman–Crippen LogP) is 2.68. The molecule has 0 saturated heterocycles. The van der Waals surface area contributed by atoms with E-state index in [1.807, 2.05) is 0 Å². The second kappa shape index (κ2) is 5.59. The number of hydrogen-bond donors (Lipinski definition) is 1. The highest BCUT2D eigenvalue weighted by Crippen LogP contribution is 2.29. The van der Waals surface area contributed by atoms with Gasteiger partial charge in [-0.1, -0.05) is 6.07 Å². The van der Waals surface area contributed by atoms with Crippen LogP contribution in [0.2, 0.25) is 0 Å². The molecule has 0 saturated carbocycles. The lowest BCUT2D eigenvalue weighted by molar-refractivity contribution is -0.137. The molecule has 0 fully saturated rings. The van der Waals surface area contributed by atoms with Crippen LogP contribution in [0.15, 0.2) is 30.5 Å². The zero-order valence-electron chi connectivity index (χ0n) is 11.5. The third-order valence-corrected chi connectivity index (χ3v) is 3.01. The second-order valence-corrected chi connectivity index (χ2v) is 4.67. The van der Waals surface area contributed by atoms with E-state index in [2.05, 4.69) is 10.4 Å². The summed E-state index contributed by atoms with van der Waals surface area (Å²) in [6, 6.07) is 4.33. The number of hydrogen-bond acceptors (Lipinski definition) is 2. The molecule has 7 heteroatoms. The van der Waals surface area contributed by atoms with Crippen LogP contribution in [0, 0.1) is 6.92 Å². The van der Waals surface area contributed by atoms with E-state index >= 15 is 0 Å². The zero-order chi connectivity index (χ0) is 15.6. The first kappa shape index (κ1) is 15.1. The number of halogens is 3. The molecule has 21 heavy (non-hydrogen) atoms. The van der Waals surface area contributed by atoms with Crippen molar-refractivity contribution in [3.63, 3.8) is 0 Å². The first-order valence-electron chi connectivity index (χ1n) is 6.22. The van der Waals surface area contributed by atoms with Crippen LogP contribution in [0.5, 0.6) is 0 Å². The minimum absolute atomic E-state index is 0.0219. The van der Waals surface area contributed by atoms with Gasteiger partial charge in [-0.3, -0.25) is 9.48 Å². The Morgan fingerprint density at radius 2 is 2.10 bits per heavy atom. The van der Waals surface area contributed by atoms with Gasteiger partial charge < -0.3 is 5.32 Å². The number of benzene rings is 1.